The highest BCUT2D eigenvalue weighted by Gasteiger charge is 2.18. The van der Waals surface area contributed by atoms with Crippen LogP contribution in [0.25, 0.3) is 0 Å². The molecular formula is C13H19ClN4O2. The van der Waals surface area contributed by atoms with Crippen molar-refractivity contribution in [2.24, 2.45) is 10.9 Å². The fourth-order valence-corrected chi connectivity index (χ4v) is 2.63. The first-order valence-electron chi connectivity index (χ1n) is 6.51. The van der Waals surface area contributed by atoms with Gasteiger partial charge in [0.15, 0.2) is 5.84 Å². The van der Waals surface area contributed by atoms with Gasteiger partial charge in [0, 0.05) is 38.3 Å². The maximum Gasteiger partial charge on any atom is 0.170 e. The SMILES string of the molecule is NC(=NO)c1ccc(N2CCN(CCO)CC2)c(Cl)c1. The molecule has 1 aromatic carbocycles. The van der Waals surface area contributed by atoms with Crippen molar-refractivity contribution in [1.29, 1.82) is 0 Å². The summed E-state index contributed by atoms with van der Waals surface area (Å²) < 4.78 is 0. The zero-order valence-corrected chi connectivity index (χ0v) is 11.9. The van der Waals surface area contributed by atoms with Crippen molar-refractivity contribution in [3.63, 3.8) is 0 Å². The van der Waals surface area contributed by atoms with Gasteiger partial charge in [-0.1, -0.05) is 16.8 Å². The lowest BCUT2D eigenvalue weighted by molar-refractivity contribution is 0.189. The van der Waals surface area contributed by atoms with Gasteiger partial charge in [-0.15, -0.1) is 0 Å². The summed E-state index contributed by atoms with van der Waals surface area (Å²) in [5, 5.41) is 21.1. The molecule has 110 valence electrons. The molecule has 1 heterocycles. The molecule has 0 unspecified atom stereocenters. The van der Waals surface area contributed by atoms with E-state index < -0.39 is 0 Å². The Bertz CT molecular complexity index is 487. The minimum atomic E-state index is 0.0474. The maximum absolute atomic E-state index is 8.93. The number of aliphatic hydroxyl groups is 1. The van der Waals surface area contributed by atoms with E-state index in [1.54, 1.807) is 12.1 Å². The zero-order chi connectivity index (χ0) is 14.5. The Hall–Kier alpha value is -1.50. The number of nitrogens with zero attached hydrogens (tertiary/aromatic N) is 3. The molecule has 6 nitrogen and oxygen atoms in total. The molecule has 20 heavy (non-hydrogen) atoms. The Morgan fingerprint density at radius 3 is 2.55 bits per heavy atom. The van der Waals surface area contributed by atoms with Gasteiger partial charge in [0.05, 0.1) is 17.3 Å². The van der Waals surface area contributed by atoms with E-state index in [1.165, 1.54) is 0 Å². The molecule has 0 saturated carbocycles. The number of anilines is 1. The van der Waals surface area contributed by atoms with Crippen molar-refractivity contribution in [2.75, 3.05) is 44.2 Å². The molecule has 0 aromatic heterocycles. The number of oxime groups is 1. The second kappa shape index (κ2) is 6.78. The van der Waals surface area contributed by atoms with Crippen LogP contribution >= 0.6 is 11.6 Å². The molecule has 4 N–H and O–H groups in total. The summed E-state index contributed by atoms with van der Waals surface area (Å²) >= 11 is 6.27. The number of aliphatic hydroxyl groups excluding tert-OH is 1. The Kier molecular flexibility index (Phi) is 5.05. The monoisotopic (exact) mass is 298 g/mol. The van der Waals surface area contributed by atoms with Crippen LogP contribution in [0.4, 0.5) is 5.69 Å². The number of amidine groups is 1. The molecule has 0 amide bonds. The molecule has 1 fully saturated rings. The van der Waals surface area contributed by atoms with Crippen LogP contribution in [0.5, 0.6) is 0 Å². The Balaban J connectivity index is 2.07. The van der Waals surface area contributed by atoms with Gasteiger partial charge < -0.3 is 20.9 Å². The number of hydrogen-bond donors (Lipinski definition) is 3. The number of halogens is 1. The van der Waals surface area contributed by atoms with Crippen LogP contribution < -0.4 is 10.6 Å². The second-order valence-corrected chi connectivity index (χ2v) is 5.11. The molecule has 2 rings (SSSR count). The van der Waals surface area contributed by atoms with E-state index in [-0.39, 0.29) is 12.4 Å². The first-order valence-corrected chi connectivity index (χ1v) is 6.89. The minimum absolute atomic E-state index is 0.0474. The molecule has 1 saturated heterocycles. The third-order valence-corrected chi connectivity index (χ3v) is 3.78. The molecular weight excluding hydrogens is 280 g/mol. The topological polar surface area (TPSA) is 85.3 Å². The number of rotatable bonds is 4. The number of β-amino-alcohol motifs (C(OH)–C–C–N with tert-alkyl or cyclic N) is 1. The summed E-state index contributed by atoms with van der Waals surface area (Å²) in [4.78, 5) is 4.42. The Morgan fingerprint density at radius 2 is 2.00 bits per heavy atom. The summed E-state index contributed by atoms with van der Waals surface area (Å²) in [5.41, 5.74) is 7.09. The molecule has 0 atom stereocenters. The van der Waals surface area contributed by atoms with E-state index in [1.807, 2.05) is 6.07 Å². The average molecular weight is 299 g/mol. The molecule has 0 spiro atoms. The van der Waals surface area contributed by atoms with E-state index in [2.05, 4.69) is 15.0 Å². The Labute approximate surface area is 123 Å². The number of benzene rings is 1. The summed E-state index contributed by atoms with van der Waals surface area (Å²) in [6.45, 7) is 4.43. The van der Waals surface area contributed by atoms with Gasteiger partial charge in [0.25, 0.3) is 0 Å². The van der Waals surface area contributed by atoms with Crippen LogP contribution in [0, 0.1) is 0 Å². The molecule has 7 heteroatoms. The van der Waals surface area contributed by atoms with E-state index in [4.69, 9.17) is 27.6 Å². The van der Waals surface area contributed by atoms with Gasteiger partial charge in [-0.05, 0) is 18.2 Å². The quantitative estimate of drug-likeness (QED) is 0.327. The molecule has 0 bridgehead atoms. The lowest BCUT2D eigenvalue weighted by atomic mass is 10.1. The first kappa shape index (κ1) is 14.9. The summed E-state index contributed by atoms with van der Waals surface area (Å²) in [6, 6.07) is 5.37. The fraction of sp³-hybridized carbons (Fsp3) is 0.462. The third-order valence-electron chi connectivity index (χ3n) is 3.48. The van der Waals surface area contributed by atoms with Crippen LogP contribution in [-0.4, -0.2) is 60.4 Å². The first-order chi connectivity index (χ1) is 9.65. The highest BCUT2D eigenvalue weighted by molar-refractivity contribution is 6.33. The van der Waals surface area contributed by atoms with Gasteiger partial charge in [-0.3, -0.25) is 4.90 Å². The predicted molar refractivity (Wildman–Crippen MR) is 79.7 cm³/mol. The van der Waals surface area contributed by atoms with Crippen LogP contribution in [0.2, 0.25) is 5.02 Å². The number of nitrogens with two attached hydrogens (primary N) is 1. The van der Waals surface area contributed by atoms with Crippen LogP contribution in [0.15, 0.2) is 23.4 Å². The normalized spacial score (nSPS) is 17.5. The molecule has 0 radical (unpaired) electrons. The standard InChI is InChI=1S/C13H19ClN4O2/c14-11-9-10(13(15)16-20)1-2-12(11)18-5-3-17(4-6-18)7-8-19/h1-2,9,19-20H,3-8H2,(H2,15,16). The van der Waals surface area contributed by atoms with Crippen molar-refractivity contribution in [3.05, 3.63) is 28.8 Å². The van der Waals surface area contributed by atoms with Gasteiger partial charge >= 0.3 is 0 Å². The van der Waals surface area contributed by atoms with Crippen molar-refractivity contribution in [3.8, 4) is 0 Å². The van der Waals surface area contributed by atoms with E-state index in [0.29, 0.717) is 17.1 Å². The predicted octanol–water partition coefficient (Wildman–Crippen LogP) is 0.549. The Morgan fingerprint density at radius 1 is 1.30 bits per heavy atom. The van der Waals surface area contributed by atoms with Crippen LogP contribution in [-0.2, 0) is 0 Å². The molecule has 0 aliphatic carbocycles. The highest BCUT2D eigenvalue weighted by Crippen LogP contribution is 2.27. The molecule has 1 aliphatic heterocycles. The number of piperazine rings is 1. The highest BCUT2D eigenvalue weighted by atomic mass is 35.5. The summed E-state index contributed by atoms with van der Waals surface area (Å²) in [7, 11) is 0. The lowest BCUT2D eigenvalue weighted by Gasteiger charge is -2.36. The van der Waals surface area contributed by atoms with Crippen LogP contribution in [0.1, 0.15) is 5.56 Å². The summed E-state index contributed by atoms with van der Waals surface area (Å²) in [6.07, 6.45) is 0. The second-order valence-electron chi connectivity index (χ2n) is 4.70. The number of hydrogen-bond acceptors (Lipinski definition) is 5. The van der Waals surface area contributed by atoms with Crippen molar-refractivity contribution in [1.82, 2.24) is 4.90 Å². The smallest absolute Gasteiger partial charge is 0.170 e. The fourth-order valence-electron chi connectivity index (χ4n) is 2.33. The van der Waals surface area contributed by atoms with E-state index >= 15 is 0 Å². The van der Waals surface area contributed by atoms with Crippen molar-refractivity contribution < 1.29 is 10.3 Å². The molecule has 1 aromatic rings. The summed E-state index contributed by atoms with van der Waals surface area (Å²) in [5.74, 6) is 0.0474. The van der Waals surface area contributed by atoms with Crippen LogP contribution in [0.3, 0.4) is 0 Å². The van der Waals surface area contributed by atoms with Crippen molar-refractivity contribution >= 4 is 23.1 Å². The molecule has 1 aliphatic rings. The van der Waals surface area contributed by atoms with Gasteiger partial charge in [-0.25, -0.2) is 0 Å². The van der Waals surface area contributed by atoms with Gasteiger partial charge in [0.2, 0.25) is 0 Å². The third kappa shape index (κ3) is 3.33. The minimum Gasteiger partial charge on any atom is -0.409 e. The lowest BCUT2D eigenvalue weighted by Crippen LogP contribution is -2.47. The largest absolute Gasteiger partial charge is 0.409 e. The van der Waals surface area contributed by atoms with Gasteiger partial charge in [-0.2, -0.15) is 0 Å². The maximum atomic E-state index is 8.93. The average Bonchev–Trinajstić information content (AvgIpc) is 2.47. The van der Waals surface area contributed by atoms with Gasteiger partial charge in [0.1, 0.15) is 0 Å². The van der Waals surface area contributed by atoms with Crippen molar-refractivity contribution in [2.45, 2.75) is 0 Å². The van der Waals surface area contributed by atoms with E-state index in [0.717, 1.165) is 31.9 Å². The zero-order valence-electron chi connectivity index (χ0n) is 11.2. The van der Waals surface area contributed by atoms with E-state index in [9.17, 15) is 0 Å².